The van der Waals surface area contributed by atoms with Crippen molar-refractivity contribution in [1.82, 2.24) is 15.1 Å². The molecule has 1 saturated heterocycles. The van der Waals surface area contributed by atoms with Crippen LogP contribution >= 0.6 is 0 Å². The van der Waals surface area contributed by atoms with Crippen molar-refractivity contribution in [3.63, 3.8) is 0 Å². The summed E-state index contributed by atoms with van der Waals surface area (Å²) in [6, 6.07) is 17.6. The molecule has 0 saturated carbocycles. The zero-order chi connectivity index (χ0) is 19.9. The lowest BCUT2D eigenvalue weighted by Gasteiger charge is -2.30. The Morgan fingerprint density at radius 2 is 2.00 bits per heavy atom. The molecule has 1 atom stereocenters. The number of H-pyrrole nitrogens is 1. The molecule has 1 unspecified atom stereocenters. The Balaban J connectivity index is 1.54. The van der Waals surface area contributed by atoms with E-state index < -0.39 is 0 Å². The molecule has 2 aromatic carbocycles. The predicted molar refractivity (Wildman–Crippen MR) is 122 cm³/mol. The fourth-order valence-electron chi connectivity index (χ4n) is 4.47. The molecule has 1 fully saturated rings. The van der Waals surface area contributed by atoms with Crippen LogP contribution in [0.15, 0.2) is 91.7 Å². The second kappa shape index (κ2) is 9.06. The van der Waals surface area contributed by atoms with Crippen LogP contribution in [0.2, 0.25) is 0 Å². The van der Waals surface area contributed by atoms with Crippen molar-refractivity contribution < 1.29 is 0 Å². The van der Waals surface area contributed by atoms with Crippen molar-refractivity contribution in [3.05, 3.63) is 103 Å². The fourth-order valence-corrected chi connectivity index (χ4v) is 4.47. The Kier molecular flexibility index (Phi) is 6.06. The fraction of sp³-hybridized carbons (Fsp3) is 0.269. The summed E-state index contributed by atoms with van der Waals surface area (Å²) in [5.41, 5.74) is 4.13. The maximum absolute atomic E-state index is 4.20. The molecule has 1 aromatic heterocycles. The van der Waals surface area contributed by atoms with Crippen LogP contribution in [0.1, 0.15) is 30.4 Å². The van der Waals surface area contributed by atoms with Crippen LogP contribution in [0.25, 0.3) is 10.9 Å². The van der Waals surface area contributed by atoms with Crippen LogP contribution < -0.4 is 0 Å². The summed E-state index contributed by atoms with van der Waals surface area (Å²) in [7, 11) is 0. The Labute approximate surface area is 173 Å². The van der Waals surface area contributed by atoms with Crippen LogP contribution in [0.5, 0.6) is 0 Å². The molecule has 148 valence electrons. The van der Waals surface area contributed by atoms with Crippen LogP contribution in [0.4, 0.5) is 0 Å². The van der Waals surface area contributed by atoms with E-state index in [0.29, 0.717) is 0 Å². The number of nitrogens with one attached hydrogen (secondary N) is 1. The van der Waals surface area contributed by atoms with Crippen molar-refractivity contribution in [2.24, 2.45) is 0 Å². The van der Waals surface area contributed by atoms with Crippen LogP contribution in [-0.2, 0) is 12.0 Å². The van der Waals surface area contributed by atoms with E-state index in [0.717, 1.165) is 38.0 Å². The van der Waals surface area contributed by atoms with Gasteiger partial charge in [-0.2, -0.15) is 5.10 Å². The average Bonchev–Trinajstić information content (AvgIpc) is 3.38. The lowest BCUT2D eigenvalue weighted by atomic mass is 9.75. The molecule has 1 aliphatic rings. The number of nitrogens with zero attached hydrogens (tertiary/aromatic N) is 2. The molecule has 0 spiro atoms. The van der Waals surface area contributed by atoms with Gasteiger partial charge in [0.25, 0.3) is 0 Å². The van der Waals surface area contributed by atoms with Gasteiger partial charge in [0.1, 0.15) is 0 Å². The molecular formula is C26H29N3. The molecule has 3 aromatic rings. The topological polar surface area (TPSA) is 31.9 Å². The molecule has 0 aliphatic carbocycles. The first-order valence-corrected chi connectivity index (χ1v) is 10.4. The Morgan fingerprint density at radius 1 is 1.10 bits per heavy atom. The number of aromatic amines is 1. The third kappa shape index (κ3) is 4.57. The zero-order valence-corrected chi connectivity index (χ0v) is 16.9. The molecule has 3 heteroatoms. The van der Waals surface area contributed by atoms with E-state index in [1.807, 2.05) is 24.4 Å². The van der Waals surface area contributed by atoms with Gasteiger partial charge in [-0.15, -0.1) is 0 Å². The van der Waals surface area contributed by atoms with E-state index in [9.17, 15) is 0 Å². The zero-order valence-electron chi connectivity index (χ0n) is 16.9. The highest BCUT2D eigenvalue weighted by molar-refractivity contribution is 5.78. The maximum atomic E-state index is 4.20. The minimum Gasteiger partial charge on any atom is -0.298 e. The lowest BCUT2D eigenvalue weighted by molar-refractivity contribution is 0.296. The van der Waals surface area contributed by atoms with E-state index in [2.05, 4.69) is 82.4 Å². The number of likely N-dealkylation sites (tertiary alicyclic amines) is 1. The molecule has 29 heavy (non-hydrogen) atoms. The van der Waals surface area contributed by atoms with Crippen LogP contribution in [0.3, 0.4) is 0 Å². The van der Waals surface area contributed by atoms with E-state index in [1.165, 1.54) is 22.9 Å². The number of rotatable bonds is 8. The van der Waals surface area contributed by atoms with Gasteiger partial charge in [-0.1, -0.05) is 73.4 Å². The molecular weight excluding hydrogens is 354 g/mol. The first-order valence-electron chi connectivity index (χ1n) is 10.4. The van der Waals surface area contributed by atoms with Crippen molar-refractivity contribution in [2.75, 3.05) is 13.1 Å². The largest absolute Gasteiger partial charge is 0.298 e. The molecule has 3 nitrogen and oxygen atoms in total. The quantitative estimate of drug-likeness (QED) is 0.500. The maximum Gasteiger partial charge on any atom is 0.0650 e. The minimum absolute atomic E-state index is 0.187. The highest BCUT2D eigenvalue weighted by Crippen LogP contribution is 2.40. The molecule has 1 aliphatic heterocycles. The van der Waals surface area contributed by atoms with Gasteiger partial charge < -0.3 is 0 Å². The summed E-state index contributed by atoms with van der Waals surface area (Å²) in [4.78, 5) is 2.61. The van der Waals surface area contributed by atoms with Crippen molar-refractivity contribution in [3.8, 4) is 0 Å². The number of hydrogen-bond acceptors (Lipinski definition) is 2. The summed E-state index contributed by atoms with van der Waals surface area (Å²) in [5.74, 6) is 0. The molecule has 0 radical (unpaired) electrons. The normalized spacial score (nSPS) is 20.3. The molecule has 1 N–H and O–H groups in total. The van der Waals surface area contributed by atoms with Crippen molar-refractivity contribution >= 4 is 10.9 Å². The van der Waals surface area contributed by atoms with Gasteiger partial charge in [0.2, 0.25) is 0 Å². The predicted octanol–water partition coefficient (Wildman–Crippen LogP) is 5.79. The molecule has 0 amide bonds. The SMILES string of the molecule is C=C/C=C\C=C/CCC1(c2ccc3[nH]ncc3c2)CCN(Cc2ccccc2)C1. The van der Waals surface area contributed by atoms with Gasteiger partial charge >= 0.3 is 0 Å². The van der Waals surface area contributed by atoms with Crippen LogP contribution in [-0.4, -0.2) is 28.2 Å². The van der Waals surface area contributed by atoms with Crippen LogP contribution in [0, 0.1) is 0 Å². The van der Waals surface area contributed by atoms with Gasteiger partial charge in [0.05, 0.1) is 11.7 Å². The number of aromatic nitrogens is 2. The summed E-state index contributed by atoms with van der Waals surface area (Å²) in [6.45, 7) is 6.98. The Bertz CT molecular complexity index is 999. The Morgan fingerprint density at radius 3 is 2.86 bits per heavy atom. The van der Waals surface area contributed by atoms with Gasteiger partial charge in [-0.3, -0.25) is 10.00 Å². The third-order valence-corrected chi connectivity index (χ3v) is 6.02. The second-order valence-corrected chi connectivity index (χ2v) is 7.99. The molecule has 0 bridgehead atoms. The van der Waals surface area contributed by atoms with E-state index in [1.54, 1.807) is 0 Å². The molecule has 2 heterocycles. The minimum atomic E-state index is 0.187. The van der Waals surface area contributed by atoms with Crippen molar-refractivity contribution in [2.45, 2.75) is 31.2 Å². The first-order chi connectivity index (χ1) is 14.3. The monoisotopic (exact) mass is 383 g/mol. The smallest absolute Gasteiger partial charge is 0.0650 e. The first kappa shape index (κ1) is 19.4. The van der Waals surface area contributed by atoms with Gasteiger partial charge in [0.15, 0.2) is 0 Å². The third-order valence-electron chi connectivity index (χ3n) is 6.02. The summed E-state index contributed by atoms with van der Waals surface area (Å²) < 4.78 is 0. The number of hydrogen-bond donors (Lipinski definition) is 1. The average molecular weight is 384 g/mol. The van der Waals surface area contributed by atoms with Crippen molar-refractivity contribution in [1.29, 1.82) is 0 Å². The number of allylic oxidation sites excluding steroid dienone is 5. The highest BCUT2D eigenvalue weighted by atomic mass is 15.2. The van der Waals surface area contributed by atoms with E-state index in [-0.39, 0.29) is 5.41 Å². The van der Waals surface area contributed by atoms with Gasteiger partial charge in [0, 0.05) is 23.9 Å². The second-order valence-electron chi connectivity index (χ2n) is 7.99. The number of fused-ring (bicyclic) bond motifs is 1. The summed E-state index contributed by atoms with van der Waals surface area (Å²) in [5, 5.41) is 8.48. The summed E-state index contributed by atoms with van der Waals surface area (Å²) >= 11 is 0. The highest BCUT2D eigenvalue weighted by Gasteiger charge is 2.39. The van der Waals surface area contributed by atoms with Gasteiger partial charge in [-0.25, -0.2) is 0 Å². The number of benzene rings is 2. The van der Waals surface area contributed by atoms with Gasteiger partial charge in [-0.05, 0) is 49.1 Å². The van der Waals surface area contributed by atoms with E-state index >= 15 is 0 Å². The van der Waals surface area contributed by atoms with E-state index in [4.69, 9.17) is 0 Å². The Hall–Kier alpha value is -2.91. The lowest BCUT2D eigenvalue weighted by Crippen LogP contribution is -2.31. The molecule has 4 rings (SSSR count). The summed E-state index contributed by atoms with van der Waals surface area (Å²) in [6.07, 6.45) is 15.6. The standard InChI is InChI=1S/C26H29N3/c1-2-3-4-5-6-10-15-26(24-13-14-25-23(18-24)19-27-28-25)16-17-29(21-26)20-22-11-8-7-9-12-22/h2-9,11-14,18-19H,1,10,15-17,20-21H2,(H,27,28)/b4-3-,6-5-.